The van der Waals surface area contributed by atoms with Gasteiger partial charge < -0.3 is 20.1 Å². The van der Waals surface area contributed by atoms with E-state index in [1.807, 2.05) is 36.4 Å². The third kappa shape index (κ3) is 5.60. The number of rotatable bonds is 7. The van der Waals surface area contributed by atoms with E-state index in [1.165, 1.54) is 6.92 Å². The predicted octanol–water partition coefficient (Wildman–Crippen LogP) is 4.45. The predicted molar refractivity (Wildman–Crippen MR) is 108 cm³/mol. The molecule has 0 spiro atoms. The van der Waals surface area contributed by atoms with E-state index in [9.17, 15) is 9.59 Å². The first-order chi connectivity index (χ1) is 13.6. The molecule has 3 rings (SSSR count). The number of hydrogen-bond acceptors (Lipinski definition) is 4. The number of carbonyl (C=O) groups excluding carboxylic acids is 2. The summed E-state index contributed by atoms with van der Waals surface area (Å²) in [4.78, 5) is 23.5. The summed E-state index contributed by atoms with van der Waals surface area (Å²) < 4.78 is 11.3. The Morgan fingerprint density at radius 3 is 2.32 bits per heavy atom. The van der Waals surface area contributed by atoms with Crippen LogP contribution in [0, 0.1) is 0 Å². The second-order valence-electron chi connectivity index (χ2n) is 5.96. The zero-order valence-corrected chi connectivity index (χ0v) is 15.3. The largest absolute Gasteiger partial charge is 0.482 e. The number of benzene rings is 3. The molecule has 0 heterocycles. The third-order valence-corrected chi connectivity index (χ3v) is 3.65. The normalized spacial score (nSPS) is 10.0. The Labute approximate surface area is 163 Å². The van der Waals surface area contributed by atoms with E-state index in [0.717, 1.165) is 0 Å². The Kier molecular flexibility index (Phi) is 6.25. The zero-order valence-electron chi connectivity index (χ0n) is 15.3. The molecule has 0 aliphatic rings. The number of anilines is 2. The first-order valence-corrected chi connectivity index (χ1v) is 8.72. The Bertz CT molecular complexity index is 958. The van der Waals surface area contributed by atoms with Crippen molar-refractivity contribution in [3.63, 3.8) is 0 Å². The van der Waals surface area contributed by atoms with Crippen molar-refractivity contribution in [3.05, 3.63) is 78.9 Å². The van der Waals surface area contributed by atoms with Gasteiger partial charge >= 0.3 is 0 Å². The molecular weight excluding hydrogens is 356 g/mol. The lowest BCUT2D eigenvalue weighted by Crippen LogP contribution is -2.20. The minimum atomic E-state index is -0.325. The Hall–Kier alpha value is -3.80. The zero-order chi connectivity index (χ0) is 19.8. The maximum atomic E-state index is 12.2. The van der Waals surface area contributed by atoms with Gasteiger partial charge in [-0.05, 0) is 36.4 Å². The molecule has 0 bridgehead atoms. The second kappa shape index (κ2) is 9.23. The van der Waals surface area contributed by atoms with Crippen molar-refractivity contribution in [2.45, 2.75) is 6.92 Å². The van der Waals surface area contributed by atoms with E-state index >= 15 is 0 Å². The summed E-state index contributed by atoms with van der Waals surface area (Å²) in [5.74, 6) is 1.21. The topological polar surface area (TPSA) is 76.7 Å². The van der Waals surface area contributed by atoms with Gasteiger partial charge in [-0.1, -0.05) is 36.4 Å². The monoisotopic (exact) mass is 376 g/mol. The smallest absolute Gasteiger partial charge is 0.262 e. The van der Waals surface area contributed by atoms with Gasteiger partial charge in [-0.2, -0.15) is 0 Å². The lowest BCUT2D eigenvalue weighted by molar-refractivity contribution is -0.118. The minimum absolute atomic E-state index is 0.194. The highest BCUT2D eigenvalue weighted by Gasteiger charge is 2.08. The number of ether oxygens (including phenoxy) is 2. The molecule has 0 unspecified atom stereocenters. The van der Waals surface area contributed by atoms with E-state index in [2.05, 4.69) is 10.6 Å². The summed E-state index contributed by atoms with van der Waals surface area (Å²) in [5.41, 5.74) is 1.11. The minimum Gasteiger partial charge on any atom is -0.482 e. The highest BCUT2D eigenvalue weighted by atomic mass is 16.5. The summed E-state index contributed by atoms with van der Waals surface area (Å²) in [6.07, 6.45) is 0. The molecule has 0 radical (unpaired) electrons. The van der Waals surface area contributed by atoms with E-state index in [4.69, 9.17) is 9.47 Å². The van der Waals surface area contributed by atoms with Crippen molar-refractivity contribution in [1.29, 1.82) is 0 Å². The van der Waals surface area contributed by atoms with Crippen LogP contribution in [0.3, 0.4) is 0 Å². The molecule has 3 aromatic carbocycles. The van der Waals surface area contributed by atoms with Crippen LogP contribution >= 0.6 is 0 Å². The van der Waals surface area contributed by atoms with Gasteiger partial charge in [0.25, 0.3) is 5.91 Å². The van der Waals surface area contributed by atoms with Gasteiger partial charge in [-0.25, -0.2) is 0 Å². The first-order valence-electron chi connectivity index (χ1n) is 8.72. The van der Waals surface area contributed by atoms with Crippen molar-refractivity contribution >= 4 is 23.2 Å². The Morgan fingerprint density at radius 1 is 0.821 bits per heavy atom. The van der Waals surface area contributed by atoms with Gasteiger partial charge in [0.2, 0.25) is 5.91 Å². The molecule has 6 nitrogen and oxygen atoms in total. The van der Waals surface area contributed by atoms with Crippen molar-refractivity contribution < 1.29 is 19.1 Å². The molecule has 0 aliphatic carbocycles. The molecule has 0 saturated heterocycles. The number of carbonyl (C=O) groups is 2. The lowest BCUT2D eigenvalue weighted by atomic mass is 10.3. The van der Waals surface area contributed by atoms with Gasteiger partial charge in [0, 0.05) is 18.7 Å². The fourth-order valence-electron chi connectivity index (χ4n) is 2.49. The van der Waals surface area contributed by atoms with Crippen LogP contribution in [0.4, 0.5) is 11.4 Å². The molecule has 6 heteroatoms. The quantitative estimate of drug-likeness (QED) is 0.638. The van der Waals surface area contributed by atoms with Gasteiger partial charge in [-0.3, -0.25) is 9.59 Å². The van der Waals surface area contributed by atoms with Gasteiger partial charge in [0.15, 0.2) is 6.61 Å². The molecule has 0 aromatic heterocycles. The first kappa shape index (κ1) is 19.0. The highest BCUT2D eigenvalue weighted by Crippen LogP contribution is 2.25. The molecule has 2 amide bonds. The Morgan fingerprint density at radius 2 is 1.54 bits per heavy atom. The van der Waals surface area contributed by atoms with Crippen molar-refractivity contribution in [2.75, 3.05) is 17.2 Å². The lowest BCUT2D eigenvalue weighted by Gasteiger charge is -2.12. The second-order valence-corrected chi connectivity index (χ2v) is 5.96. The number of para-hydroxylation sites is 3. The number of amides is 2. The Balaban J connectivity index is 1.58. The van der Waals surface area contributed by atoms with Gasteiger partial charge in [-0.15, -0.1) is 0 Å². The number of hydrogen-bond donors (Lipinski definition) is 2. The van der Waals surface area contributed by atoms with Crippen molar-refractivity contribution in [1.82, 2.24) is 0 Å². The van der Waals surface area contributed by atoms with Crippen LogP contribution < -0.4 is 20.1 Å². The summed E-state index contributed by atoms with van der Waals surface area (Å²) >= 11 is 0. The van der Waals surface area contributed by atoms with Crippen molar-refractivity contribution in [2.24, 2.45) is 0 Å². The molecule has 0 aliphatic heterocycles. The molecule has 3 aromatic rings. The van der Waals surface area contributed by atoms with E-state index in [-0.39, 0.29) is 18.4 Å². The molecular formula is C22H20N2O4. The summed E-state index contributed by atoms with van der Waals surface area (Å²) in [7, 11) is 0. The summed E-state index contributed by atoms with van der Waals surface area (Å²) in [6.45, 7) is 1.22. The molecule has 2 N–H and O–H groups in total. The molecule has 0 atom stereocenters. The van der Waals surface area contributed by atoms with E-state index in [0.29, 0.717) is 28.6 Å². The molecule has 28 heavy (non-hydrogen) atoms. The van der Waals surface area contributed by atoms with Crippen LogP contribution in [0.2, 0.25) is 0 Å². The average molecular weight is 376 g/mol. The summed E-state index contributed by atoms with van der Waals surface area (Å²) in [5, 5.41) is 5.43. The maximum absolute atomic E-state index is 12.2. The van der Waals surface area contributed by atoms with Crippen LogP contribution in [-0.4, -0.2) is 18.4 Å². The van der Waals surface area contributed by atoms with Crippen LogP contribution in [0.1, 0.15) is 6.92 Å². The molecule has 142 valence electrons. The fraction of sp³-hybridized carbons (Fsp3) is 0.0909. The number of nitrogens with one attached hydrogen (secondary N) is 2. The van der Waals surface area contributed by atoms with Crippen LogP contribution in [0.25, 0.3) is 0 Å². The molecule has 0 fully saturated rings. The van der Waals surface area contributed by atoms with E-state index in [1.54, 1.807) is 42.5 Å². The third-order valence-electron chi connectivity index (χ3n) is 3.65. The SMILES string of the molecule is CC(=O)Nc1ccccc1OCC(=O)Nc1cccc(Oc2ccccc2)c1. The van der Waals surface area contributed by atoms with Crippen LogP contribution in [-0.2, 0) is 9.59 Å². The highest BCUT2D eigenvalue weighted by molar-refractivity contribution is 5.93. The maximum Gasteiger partial charge on any atom is 0.262 e. The standard InChI is InChI=1S/C22H20N2O4/c1-16(25)23-20-12-5-6-13-21(20)27-15-22(26)24-17-8-7-11-19(14-17)28-18-9-3-2-4-10-18/h2-14H,15H2,1H3,(H,23,25)(H,24,26). The van der Waals surface area contributed by atoms with Gasteiger partial charge in [0.1, 0.15) is 17.2 Å². The van der Waals surface area contributed by atoms with Crippen LogP contribution in [0.5, 0.6) is 17.2 Å². The van der Waals surface area contributed by atoms with Gasteiger partial charge in [0.05, 0.1) is 5.69 Å². The van der Waals surface area contributed by atoms with Crippen molar-refractivity contribution in [3.8, 4) is 17.2 Å². The fourth-order valence-corrected chi connectivity index (χ4v) is 2.49. The summed E-state index contributed by atoms with van der Waals surface area (Å²) in [6, 6.07) is 23.4. The molecule has 0 saturated carbocycles. The average Bonchev–Trinajstić information content (AvgIpc) is 2.68. The van der Waals surface area contributed by atoms with Crippen LogP contribution in [0.15, 0.2) is 78.9 Å². The van der Waals surface area contributed by atoms with E-state index < -0.39 is 0 Å².